The molecule has 1 fully saturated rings. The van der Waals surface area contributed by atoms with Crippen LogP contribution in [-0.2, 0) is 30.5 Å². The van der Waals surface area contributed by atoms with E-state index in [-0.39, 0.29) is 5.78 Å². The van der Waals surface area contributed by atoms with E-state index in [1.165, 1.54) is 43.5 Å². The average molecular weight is 348 g/mol. The second-order valence-electron chi connectivity index (χ2n) is 7.92. The fraction of sp³-hybridized carbons (Fsp3) is 0.478. The molecule has 26 heavy (non-hydrogen) atoms. The maximum absolute atomic E-state index is 12.5. The summed E-state index contributed by atoms with van der Waals surface area (Å²) in [4.78, 5) is 19.4. The first kappa shape index (κ1) is 17.4. The van der Waals surface area contributed by atoms with E-state index in [0.29, 0.717) is 12.8 Å². The van der Waals surface area contributed by atoms with Crippen molar-refractivity contribution in [2.75, 3.05) is 13.1 Å². The Labute approximate surface area is 156 Å². The summed E-state index contributed by atoms with van der Waals surface area (Å²) >= 11 is 0. The van der Waals surface area contributed by atoms with Gasteiger partial charge in [-0.05, 0) is 60.9 Å². The molecule has 4 rings (SSSR count). The van der Waals surface area contributed by atoms with Crippen LogP contribution in [0.25, 0.3) is 0 Å². The van der Waals surface area contributed by atoms with Crippen LogP contribution in [0.1, 0.15) is 47.2 Å². The Hall–Kier alpha value is -2.00. The predicted molar refractivity (Wildman–Crippen MR) is 104 cm³/mol. The molecular formula is C23H28N2O. The average Bonchev–Trinajstić information content (AvgIpc) is 2.78. The summed E-state index contributed by atoms with van der Waals surface area (Å²) in [6, 6.07) is 11.5. The maximum atomic E-state index is 12.5. The van der Waals surface area contributed by atoms with Gasteiger partial charge in [0.05, 0.1) is 0 Å². The molecule has 3 heteroatoms. The van der Waals surface area contributed by atoms with Gasteiger partial charge in [-0.15, -0.1) is 0 Å². The lowest BCUT2D eigenvalue weighted by Gasteiger charge is -2.36. The van der Waals surface area contributed by atoms with Gasteiger partial charge in [0.15, 0.2) is 0 Å². The van der Waals surface area contributed by atoms with Crippen molar-refractivity contribution in [3.8, 4) is 0 Å². The van der Waals surface area contributed by atoms with Gasteiger partial charge >= 0.3 is 0 Å². The minimum Gasteiger partial charge on any atom is -0.300 e. The van der Waals surface area contributed by atoms with E-state index in [0.717, 1.165) is 35.7 Å². The lowest BCUT2D eigenvalue weighted by atomic mass is 9.91. The van der Waals surface area contributed by atoms with Gasteiger partial charge in [0.25, 0.3) is 0 Å². The van der Waals surface area contributed by atoms with Crippen molar-refractivity contribution in [2.45, 2.75) is 57.9 Å². The molecule has 1 saturated carbocycles. The summed E-state index contributed by atoms with van der Waals surface area (Å²) in [6.07, 6.45) is 9.24. The Morgan fingerprint density at radius 2 is 1.77 bits per heavy atom. The fourth-order valence-electron chi connectivity index (χ4n) is 4.14. The van der Waals surface area contributed by atoms with Crippen molar-refractivity contribution in [3.63, 3.8) is 0 Å². The number of hydrogen-bond acceptors (Lipinski definition) is 3. The maximum Gasteiger partial charge on any atom is 0.141 e. The van der Waals surface area contributed by atoms with Gasteiger partial charge < -0.3 is 0 Å². The second kappa shape index (κ2) is 7.71. The topological polar surface area (TPSA) is 33.2 Å². The van der Waals surface area contributed by atoms with E-state index in [9.17, 15) is 4.79 Å². The van der Waals surface area contributed by atoms with E-state index >= 15 is 0 Å². The molecule has 2 heterocycles. The summed E-state index contributed by atoms with van der Waals surface area (Å²) in [5.41, 5.74) is 6.08. The molecule has 3 nitrogen and oxygen atoms in total. The van der Waals surface area contributed by atoms with Gasteiger partial charge in [-0.1, -0.05) is 30.7 Å². The third-order valence-electron chi connectivity index (χ3n) is 5.97. The zero-order valence-corrected chi connectivity index (χ0v) is 15.7. The Kier molecular flexibility index (Phi) is 5.16. The molecule has 136 valence electrons. The minimum atomic E-state index is 0.264. The van der Waals surface area contributed by atoms with E-state index in [1.807, 2.05) is 25.3 Å². The van der Waals surface area contributed by atoms with Crippen LogP contribution >= 0.6 is 0 Å². The lowest BCUT2D eigenvalue weighted by Crippen LogP contribution is -2.41. The number of ketones is 1. The molecule has 0 atom stereocenters. The van der Waals surface area contributed by atoms with Crippen LogP contribution in [0.15, 0.2) is 36.5 Å². The highest BCUT2D eigenvalue weighted by atomic mass is 16.1. The predicted octanol–water partition coefficient (Wildman–Crippen LogP) is 3.70. The highest BCUT2D eigenvalue weighted by Crippen LogP contribution is 2.27. The third kappa shape index (κ3) is 4.04. The first-order valence-electron chi connectivity index (χ1n) is 9.95. The summed E-state index contributed by atoms with van der Waals surface area (Å²) in [5, 5.41) is 0. The molecule has 0 spiro atoms. The number of rotatable bonds is 5. The molecule has 2 aliphatic rings. The molecule has 0 unspecified atom stereocenters. The Morgan fingerprint density at radius 1 is 1.04 bits per heavy atom. The number of aromatic nitrogens is 1. The second-order valence-corrected chi connectivity index (χ2v) is 7.92. The number of Topliss-reactive ketones (excluding diaryl/α,β-unsaturated/α-hetero) is 1. The summed E-state index contributed by atoms with van der Waals surface area (Å²) in [6.45, 7) is 4.33. The Morgan fingerprint density at radius 3 is 2.46 bits per heavy atom. The van der Waals surface area contributed by atoms with Gasteiger partial charge in [0.1, 0.15) is 5.78 Å². The molecule has 2 aromatic rings. The van der Waals surface area contributed by atoms with Crippen LogP contribution in [0.5, 0.6) is 0 Å². The van der Waals surface area contributed by atoms with E-state index in [1.54, 1.807) is 0 Å². The van der Waals surface area contributed by atoms with Crippen LogP contribution in [0.3, 0.4) is 0 Å². The van der Waals surface area contributed by atoms with Crippen LogP contribution < -0.4 is 0 Å². The molecule has 0 saturated heterocycles. The quantitative estimate of drug-likeness (QED) is 0.826. The fourth-order valence-corrected chi connectivity index (χ4v) is 4.14. The summed E-state index contributed by atoms with van der Waals surface area (Å²) in [7, 11) is 0. The number of pyridine rings is 1. The molecule has 0 N–H and O–H groups in total. The first-order chi connectivity index (χ1) is 12.7. The smallest absolute Gasteiger partial charge is 0.141 e. The monoisotopic (exact) mass is 348 g/mol. The van der Waals surface area contributed by atoms with Gasteiger partial charge in [-0.3, -0.25) is 14.7 Å². The van der Waals surface area contributed by atoms with Crippen molar-refractivity contribution in [1.82, 2.24) is 9.88 Å². The number of hydrogen-bond donors (Lipinski definition) is 0. The molecule has 0 amide bonds. The highest BCUT2D eigenvalue weighted by molar-refractivity contribution is 5.83. The SMILES string of the molecule is Cc1ccc(CC(=O)Cc2ccc3c(c2)CCN(C2CCC2)CC3)cn1. The van der Waals surface area contributed by atoms with Crippen molar-refractivity contribution >= 4 is 5.78 Å². The number of fused-ring (bicyclic) bond motifs is 1. The van der Waals surface area contributed by atoms with Gasteiger partial charge in [-0.2, -0.15) is 0 Å². The largest absolute Gasteiger partial charge is 0.300 e. The Bertz CT molecular complexity index is 777. The van der Waals surface area contributed by atoms with Gasteiger partial charge in [-0.25, -0.2) is 0 Å². The zero-order chi connectivity index (χ0) is 17.9. The van der Waals surface area contributed by atoms with E-state index in [4.69, 9.17) is 0 Å². The van der Waals surface area contributed by atoms with Crippen LogP contribution in [0.4, 0.5) is 0 Å². The van der Waals surface area contributed by atoms with Crippen molar-refractivity contribution in [1.29, 1.82) is 0 Å². The summed E-state index contributed by atoms with van der Waals surface area (Å²) < 4.78 is 0. The standard InChI is InChI=1S/C23H28N2O/c1-17-5-6-19(16-24-17)15-23(26)14-18-7-8-20-9-11-25(22-3-2-4-22)12-10-21(20)13-18/h5-8,13,16,22H,2-4,9-12,14-15H2,1H3. The number of carbonyl (C=O) groups is 1. The molecule has 0 bridgehead atoms. The molecule has 1 aliphatic carbocycles. The minimum absolute atomic E-state index is 0.264. The number of aryl methyl sites for hydroxylation is 1. The first-order valence-corrected chi connectivity index (χ1v) is 9.95. The number of nitrogens with zero attached hydrogens (tertiary/aromatic N) is 2. The Balaban J connectivity index is 1.38. The van der Waals surface area contributed by atoms with E-state index < -0.39 is 0 Å². The van der Waals surface area contributed by atoms with Gasteiger partial charge in [0, 0.05) is 43.9 Å². The van der Waals surface area contributed by atoms with Crippen molar-refractivity contribution in [2.24, 2.45) is 0 Å². The number of carbonyl (C=O) groups excluding carboxylic acids is 1. The normalized spacial score (nSPS) is 18.0. The van der Waals surface area contributed by atoms with Crippen molar-refractivity contribution < 1.29 is 4.79 Å². The molecule has 1 aromatic carbocycles. The van der Waals surface area contributed by atoms with Crippen LogP contribution in [0.2, 0.25) is 0 Å². The zero-order valence-electron chi connectivity index (χ0n) is 15.7. The highest BCUT2D eigenvalue weighted by Gasteiger charge is 2.26. The van der Waals surface area contributed by atoms with Crippen LogP contribution in [0, 0.1) is 6.92 Å². The van der Waals surface area contributed by atoms with Crippen LogP contribution in [-0.4, -0.2) is 34.8 Å². The molecular weight excluding hydrogens is 320 g/mol. The molecule has 1 aromatic heterocycles. The van der Waals surface area contributed by atoms with Crippen molar-refractivity contribution in [3.05, 3.63) is 64.5 Å². The third-order valence-corrected chi connectivity index (χ3v) is 5.97. The number of benzene rings is 1. The molecule has 0 radical (unpaired) electrons. The van der Waals surface area contributed by atoms with E-state index in [2.05, 4.69) is 28.1 Å². The molecule has 1 aliphatic heterocycles. The summed E-state index contributed by atoms with van der Waals surface area (Å²) in [5.74, 6) is 0.264. The van der Waals surface area contributed by atoms with Gasteiger partial charge in [0.2, 0.25) is 0 Å². The lowest BCUT2D eigenvalue weighted by molar-refractivity contribution is -0.117.